The molecule has 1 heterocycles. The van der Waals surface area contributed by atoms with Crippen LogP contribution in [0.2, 0.25) is 5.02 Å². The Hall–Kier alpha value is -1.28. The summed E-state index contributed by atoms with van der Waals surface area (Å²) < 4.78 is 5.85. The van der Waals surface area contributed by atoms with Gasteiger partial charge in [0.15, 0.2) is 0 Å². The zero-order valence-electron chi connectivity index (χ0n) is 9.03. The molecule has 1 aliphatic carbocycles. The molecule has 3 rings (SSSR count). The van der Waals surface area contributed by atoms with Crippen molar-refractivity contribution in [2.24, 2.45) is 0 Å². The summed E-state index contributed by atoms with van der Waals surface area (Å²) in [6.45, 7) is 2.06. The molecule has 0 saturated heterocycles. The molecule has 3 heteroatoms. The van der Waals surface area contributed by atoms with E-state index in [4.69, 9.17) is 16.3 Å². The third kappa shape index (κ3) is 1.85. The largest absolute Gasteiger partial charge is 0.488 e. The Morgan fingerprint density at radius 3 is 2.88 bits per heavy atom. The second-order valence-electron chi connectivity index (χ2n) is 4.31. The van der Waals surface area contributed by atoms with Gasteiger partial charge in [0.25, 0.3) is 0 Å². The van der Waals surface area contributed by atoms with E-state index in [1.54, 1.807) is 6.20 Å². The van der Waals surface area contributed by atoms with Gasteiger partial charge in [0.1, 0.15) is 11.3 Å². The van der Waals surface area contributed by atoms with E-state index in [9.17, 15) is 0 Å². The number of hydrogen-bond acceptors (Lipinski definition) is 2. The highest BCUT2D eigenvalue weighted by molar-refractivity contribution is 6.31. The Morgan fingerprint density at radius 2 is 2.12 bits per heavy atom. The number of benzene rings is 1. The third-order valence-electron chi connectivity index (χ3n) is 2.68. The van der Waals surface area contributed by atoms with E-state index in [1.165, 1.54) is 5.56 Å². The van der Waals surface area contributed by atoms with Gasteiger partial charge in [-0.1, -0.05) is 11.6 Å². The van der Waals surface area contributed by atoms with Crippen molar-refractivity contribution in [3.8, 4) is 5.75 Å². The lowest BCUT2D eigenvalue weighted by atomic mass is 10.1. The SMILES string of the molecule is Cc1cc(OC2CC2)c2ncc(Cl)cc2c1. The Kier molecular flexibility index (Phi) is 2.25. The summed E-state index contributed by atoms with van der Waals surface area (Å²) in [6, 6.07) is 6.05. The molecule has 0 atom stereocenters. The molecule has 0 radical (unpaired) electrons. The van der Waals surface area contributed by atoms with E-state index < -0.39 is 0 Å². The van der Waals surface area contributed by atoms with Crippen LogP contribution in [0.15, 0.2) is 24.4 Å². The van der Waals surface area contributed by atoms with E-state index >= 15 is 0 Å². The van der Waals surface area contributed by atoms with Crippen LogP contribution >= 0.6 is 11.6 Å². The summed E-state index contributed by atoms with van der Waals surface area (Å²) in [7, 11) is 0. The normalized spacial score (nSPS) is 15.4. The Morgan fingerprint density at radius 1 is 1.31 bits per heavy atom. The number of ether oxygens (including phenoxy) is 1. The van der Waals surface area contributed by atoms with Crippen LogP contribution in [0.4, 0.5) is 0 Å². The highest BCUT2D eigenvalue weighted by Gasteiger charge is 2.24. The van der Waals surface area contributed by atoms with E-state index in [0.29, 0.717) is 11.1 Å². The van der Waals surface area contributed by atoms with Gasteiger partial charge in [-0.05, 0) is 43.5 Å². The van der Waals surface area contributed by atoms with Crippen molar-refractivity contribution in [3.05, 3.63) is 35.0 Å². The van der Waals surface area contributed by atoms with Crippen molar-refractivity contribution < 1.29 is 4.74 Å². The first-order chi connectivity index (χ1) is 7.72. The maximum atomic E-state index is 5.94. The van der Waals surface area contributed by atoms with Crippen molar-refractivity contribution in [1.29, 1.82) is 0 Å². The third-order valence-corrected chi connectivity index (χ3v) is 2.88. The van der Waals surface area contributed by atoms with Crippen LogP contribution in [0, 0.1) is 6.92 Å². The number of hydrogen-bond donors (Lipinski definition) is 0. The van der Waals surface area contributed by atoms with Crippen LogP contribution < -0.4 is 4.74 Å². The van der Waals surface area contributed by atoms with Crippen LogP contribution in [0.5, 0.6) is 5.75 Å². The number of rotatable bonds is 2. The fourth-order valence-electron chi connectivity index (χ4n) is 1.79. The molecule has 2 aromatic rings. The molecule has 1 saturated carbocycles. The van der Waals surface area contributed by atoms with E-state index in [1.807, 2.05) is 12.1 Å². The zero-order valence-corrected chi connectivity index (χ0v) is 9.79. The monoisotopic (exact) mass is 233 g/mol. The molecule has 1 aromatic carbocycles. The highest BCUT2D eigenvalue weighted by atomic mass is 35.5. The molecule has 0 N–H and O–H groups in total. The Bertz CT molecular complexity index is 544. The van der Waals surface area contributed by atoms with Crippen molar-refractivity contribution >= 4 is 22.5 Å². The molecule has 1 aromatic heterocycles. The minimum absolute atomic E-state index is 0.391. The van der Waals surface area contributed by atoms with Gasteiger partial charge in [0.2, 0.25) is 0 Å². The average Bonchev–Trinajstić information content (AvgIpc) is 3.00. The standard InChI is InChI=1S/C13H12ClNO/c1-8-4-9-6-10(14)7-15-13(9)12(5-8)16-11-2-3-11/h4-7,11H,2-3H2,1H3. The van der Waals surface area contributed by atoms with Gasteiger partial charge in [0, 0.05) is 11.6 Å². The van der Waals surface area contributed by atoms with Crippen LogP contribution in [0.3, 0.4) is 0 Å². The molecule has 0 amide bonds. The minimum Gasteiger partial charge on any atom is -0.488 e. The van der Waals surface area contributed by atoms with Gasteiger partial charge in [-0.3, -0.25) is 4.98 Å². The van der Waals surface area contributed by atoms with E-state index in [0.717, 1.165) is 29.5 Å². The number of halogens is 1. The first-order valence-corrected chi connectivity index (χ1v) is 5.83. The molecule has 0 unspecified atom stereocenters. The van der Waals surface area contributed by atoms with Gasteiger partial charge in [0.05, 0.1) is 11.1 Å². The van der Waals surface area contributed by atoms with E-state index in [-0.39, 0.29) is 0 Å². The molecule has 0 bridgehead atoms. The molecule has 0 spiro atoms. The van der Waals surface area contributed by atoms with Gasteiger partial charge in [-0.2, -0.15) is 0 Å². The Labute approximate surface area is 99.2 Å². The summed E-state index contributed by atoms with van der Waals surface area (Å²) in [5.74, 6) is 0.883. The predicted molar refractivity (Wildman–Crippen MR) is 65.1 cm³/mol. The summed E-state index contributed by atoms with van der Waals surface area (Å²) in [4.78, 5) is 4.35. The number of nitrogens with zero attached hydrogens (tertiary/aromatic N) is 1. The predicted octanol–water partition coefficient (Wildman–Crippen LogP) is 3.74. The van der Waals surface area contributed by atoms with Crippen LogP contribution in [-0.4, -0.2) is 11.1 Å². The smallest absolute Gasteiger partial charge is 0.146 e. The van der Waals surface area contributed by atoms with Crippen molar-refractivity contribution in [3.63, 3.8) is 0 Å². The lowest BCUT2D eigenvalue weighted by Crippen LogP contribution is -1.98. The van der Waals surface area contributed by atoms with Crippen LogP contribution in [0.25, 0.3) is 10.9 Å². The fourth-order valence-corrected chi connectivity index (χ4v) is 1.95. The molecule has 2 nitrogen and oxygen atoms in total. The topological polar surface area (TPSA) is 22.1 Å². The van der Waals surface area contributed by atoms with Crippen molar-refractivity contribution in [2.45, 2.75) is 25.9 Å². The Balaban J connectivity index is 2.16. The first-order valence-electron chi connectivity index (χ1n) is 5.45. The maximum absolute atomic E-state index is 5.94. The average molecular weight is 234 g/mol. The summed E-state index contributed by atoms with van der Waals surface area (Å²) in [5, 5.41) is 1.71. The lowest BCUT2D eigenvalue weighted by molar-refractivity contribution is 0.306. The second kappa shape index (κ2) is 3.63. The summed E-state index contributed by atoms with van der Waals surface area (Å²) in [6.07, 6.45) is 4.37. The number of fused-ring (bicyclic) bond motifs is 1. The summed E-state index contributed by atoms with van der Waals surface area (Å²) in [5.41, 5.74) is 2.08. The molecule has 82 valence electrons. The fraction of sp³-hybridized carbons (Fsp3) is 0.308. The van der Waals surface area contributed by atoms with Crippen molar-refractivity contribution in [2.75, 3.05) is 0 Å². The van der Waals surface area contributed by atoms with Crippen molar-refractivity contribution in [1.82, 2.24) is 4.98 Å². The molecule has 16 heavy (non-hydrogen) atoms. The molecular formula is C13H12ClNO. The highest BCUT2D eigenvalue weighted by Crippen LogP contribution is 2.32. The van der Waals surface area contributed by atoms with Gasteiger partial charge in [-0.25, -0.2) is 0 Å². The number of aromatic nitrogens is 1. The molecular weight excluding hydrogens is 222 g/mol. The van der Waals surface area contributed by atoms with Gasteiger partial charge in [-0.15, -0.1) is 0 Å². The van der Waals surface area contributed by atoms with Crippen LogP contribution in [0.1, 0.15) is 18.4 Å². The molecule has 0 aliphatic heterocycles. The molecule has 1 fully saturated rings. The zero-order chi connectivity index (χ0) is 11.1. The second-order valence-corrected chi connectivity index (χ2v) is 4.74. The number of aryl methyl sites for hydroxylation is 1. The minimum atomic E-state index is 0.391. The molecule has 1 aliphatic rings. The first kappa shape index (κ1) is 9.91. The number of pyridine rings is 1. The summed E-state index contributed by atoms with van der Waals surface area (Å²) >= 11 is 5.94. The van der Waals surface area contributed by atoms with E-state index in [2.05, 4.69) is 18.0 Å². The maximum Gasteiger partial charge on any atom is 0.146 e. The van der Waals surface area contributed by atoms with Gasteiger partial charge < -0.3 is 4.74 Å². The van der Waals surface area contributed by atoms with Crippen LogP contribution in [-0.2, 0) is 0 Å². The quantitative estimate of drug-likeness (QED) is 0.789. The lowest BCUT2D eigenvalue weighted by Gasteiger charge is -2.09. The van der Waals surface area contributed by atoms with Gasteiger partial charge >= 0.3 is 0 Å².